The van der Waals surface area contributed by atoms with E-state index in [2.05, 4.69) is 10.3 Å². The van der Waals surface area contributed by atoms with Crippen LogP contribution in [0.2, 0.25) is 5.02 Å². The van der Waals surface area contributed by atoms with Crippen LogP contribution >= 0.6 is 11.6 Å². The number of rotatable bonds is 5. The number of nitrogens with one attached hydrogen (secondary N) is 1. The van der Waals surface area contributed by atoms with Gasteiger partial charge in [-0.25, -0.2) is 4.39 Å². The van der Waals surface area contributed by atoms with Gasteiger partial charge in [0.05, 0.1) is 11.9 Å². The number of hydrogen-bond donors (Lipinski definition) is 2. The first-order chi connectivity index (χ1) is 9.98. The van der Waals surface area contributed by atoms with E-state index in [4.69, 9.17) is 17.3 Å². The number of nitrogens with two attached hydrogens (primary N) is 1. The van der Waals surface area contributed by atoms with Crippen molar-refractivity contribution < 1.29 is 9.18 Å². The number of amides is 1. The van der Waals surface area contributed by atoms with E-state index >= 15 is 0 Å². The van der Waals surface area contributed by atoms with Crippen LogP contribution in [0.1, 0.15) is 19.0 Å². The molecule has 0 fully saturated rings. The lowest BCUT2D eigenvalue weighted by atomic mass is 9.90. The summed E-state index contributed by atoms with van der Waals surface area (Å²) in [5.74, 6) is -1.06. The van der Waals surface area contributed by atoms with Gasteiger partial charge in [0.1, 0.15) is 5.82 Å². The maximum Gasteiger partial charge on any atom is 0.249 e. The molecule has 0 aliphatic carbocycles. The summed E-state index contributed by atoms with van der Waals surface area (Å²) in [5.41, 5.74) is 5.40. The number of carbonyl (C=O) groups excluding carboxylic acids is 1. The first kappa shape index (κ1) is 15.3. The SMILES string of the molecule is CCC(Nc1ccc(Cl)cc1)(C(N)=O)c1ccc(F)cn1. The van der Waals surface area contributed by atoms with E-state index in [0.29, 0.717) is 22.8 Å². The molecule has 1 unspecified atom stereocenters. The van der Waals surface area contributed by atoms with Crippen LogP contribution in [0.5, 0.6) is 0 Å². The summed E-state index contributed by atoms with van der Waals surface area (Å²) >= 11 is 5.84. The number of pyridine rings is 1. The van der Waals surface area contributed by atoms with Gasteiger partial charge in [0.25, 0.3) is 0 Å². The minimum atomic E-state index is -1.21. The maximum absolute atomic E-state index is 13.0. The number of benzene rings is 1. The van der Waals surface area contributed by atoms with Crippen molar-refractivity contribution in [3.63, 3.8) is 0 Å². The van der Waals surface area contributed by atoms with E-state index in [1.54, 1.807) is 31.2 Å². The predicted octanol–water partition coefficient (Wildman–Crippen LogP) is 3.08. The van der Waals surface area contributed by atoms with E-state index in [1.807, 2.05) is 0 Å². The van der Waals surface area contributed by atoms with Crippen molar-refractivity contribution in [1.29, 1.82) is 0 Å². The topological polar surface area (TPSA) is 68.0 Å². The van der Waals surface area contributed by atoms with Gasteiger partial charge in [-0.05, 0) is 42.8 Å². The number of anilines is 1. The van der Waals surface area contributed by atoms with Crippen LogP contribution < -0.4 is 11.1 Å². The van der Waals surface area contributed by atoms with Crippen LogP contribution in [0.25, 0.3) is 0 Å². The Balaban J connectivity index is 2.44. The molecule has 0 spiro atoms. The number of nitrogens with zero attached hydrogens (tertiary/aromatic N) is 1. The molecule has 3 N–H and O–H groups in total. The van der Waals surface area contributed by atoms with Crippen molar-refractivity contribution in [2.75, 3.05) is 5.32 Å². The fraction of sp³-hybridized carbons (Fsp3) is 0.200. The number of hydrogen-bond acceptors (Lipinski definition) is 3. The zero-order chi connectivity index (χ0) is 15.5. The summed E-state index contributed by atoms with van der Waals surface area (Å²) in [5, 5.41) is 3.67. The van der Waals surface area contributed by atoms with Gasteiger partial charge in [-0.15, -0.1) is 0 Å². The molecule has 0 saturated heterocycles. The first-order valence-corrected chi connectivity index (χ1v) is 6.81. The second-order valence-corrected chi connectivity index (χ2v) is 5.05. The predicted molar refractivity (Wildman–Crippen MR) is 80.4 cm³/mol. The Labute approximate surface area is 127 Å². The third-order valence-electron chi connectivity index (χ3n) is 3.32. The average Bonchev–Trinajstić information content (AvgIpc) is 2.47. The van der Waals surface area contributed by atoms with Gasteiger partial charge in [0.2, 0.25) is 5.91 Å². The van der Waals surface area contributed by atoms with Crippen LogP contribution in [0.15, 0.2) is 42.6 Å². The summed E-state index contributed by atoms with van der Waals surface area (Å²) in [4.78, 5) is 16.0. The summed E-state index contributed by atoms with van der Waals surface area (Å²) in [6.45, 7) is 1.80. The van der Waals surface area contributed by atoms with E-state index in [9.17, 15) is 9.18 Å². The quantitative estimate of drug-likeness (QED) is 0.892. The second-order valence-electron chi connectivity index (χ2n) is 4.62. The Morgan fingerprint density at radius 2 is 2.00 bits per heavy atom. The monoisotopic (exact) mass is 307 g/mol. The van der Waals surface area contributed by atoms with Gasteiger partial charge in [0, 0.05) is 10.7 Å². The van der Waals surface area contributed by atoms with Crippen LogP contribution in [0.3, 0.4) is 0 Å². The van der Waals surface area contributed by atoms with E-state index in [0.717, 1.165) is 6.20 Å². The van der Waals surface area contributed by atoms with Gasteiger partial charge in [-0.3, -0.25) is 9.78 Å². The van der Waals surface area contributed by atoms with Crippen molar-refractivity contribution in [2.24, 2.45) is 5.73 Å². The first-order valence-electron chi connectivity index (χ1n) is 6.43. The van der Waals surface area contributed by atoms with Crippen molar-refractivity contribution >= 4 is 23.2 Å². The molecular formula is C15H15ClFN3O. The van der Waals surface area contributed by atoms with Crippen LogP contribution in [0, 0.1) is 5.82 Å². The highest BCUT2D eigenvalue weighted by molar-refractivity contribution is 6.30. The third kappa shape index (κ3) is 3.13. The normalized spacial score (nSPS) is 13.5. The maximum atomic E-state index is 13.0. The van der Waals surface area contributed by atoms with Crippen LogP contribution in [0.4, 0.5) is 10.1 Å². The zero-order valence-electron chi connectivity index (χ0n) is 11.4. The van der Waals surface area contributed by atoms with Gasteiger partial charge < -0.3 is 11.1 Å². The Morgan fingerprint density at radius 3 is 2.48 bits per heavy atom. The van der Waals surface area contributed by atoms with Crippen LogP contribution in [-0.2, 0) is 10.3 Å². The lowest BCUT2D eigenvalue weighted by Gasteiger charge is -2.31. The smallest absolute Gasteiger partial charge is 0.249 e. The minimum Gasteiger partial charge on any atom is -0.367 e. The van der Waals surface area contributed by atoms with Gasteiger partial charge in [-0.2, -0.15) is 0 Å². The Morgan fingerprint density at radius 1 is 1.33 bits per heavy atom. The van der Waals surface area contributed by atoms with E-state index in [1.165, 1.54) is 12.1 Å². The Kier molecular flexibility index (Phi) is 4.43. The summed E-state index contributed by atoms with van der Waals surface area (Å²) < 4.78 is 13.0. The highest BCUT2D eigenvalue weighted by Crippen LogP contribution is 2.29. The molecule has 0 saturated carbocycles. The highest BCUT2D eigenvalue weighted by Gasteiger charge is 2.38. The molecule has 2 aromatic rings. The molecule has 0 bridgehead atoms. The Bertz CT molecular complexity index is 630. The fourth-order valence-corrected chi connectivity index (χ4v) is 2.23. The fourth-order valence-electron chi connectivity index (χ4n) is 2.10. The molecule has 1 atom stereocenters. The van der Waals surface area contributed by atoms with Crippen molar-refractivity contribution in [3.05, 3.63) is 59.1 Å². The molecule has 21 heavy (non-hydrogen) atoms. The van der Waals surface area contributed by atoms with Gasteiger partial charge in [0.15, 0.2) is 5.54 Å². The molecule has 2 rings (SSSR count). The molecule has 1 heterocycles. The molecule has 4 nitrogen and oxygen atoms in total. The highest BCUT2D eigenvalue weighted by atomic mass is 35.5. The second kappa shape index (κ2) is 6.10. The van der Waals surface area contributed by atoms with Crippen molar-refractivity contribution in [3.8, 4) is 0 Å². The number of halogens is 2. The third-order valence-corrected chi connectivity index (χ3v) is 3.57. The molecule has 110 valence electrons. The molecule has 0 aliphatic rings. The summed E-state index contributed by atoms with van der Waals surface area (Å²) in [7, 11) is 0. The number of aromatic nitrogens is 1. The zero-order valence-corrected chi connectivity index (χ0v) is 12.2. The number of carbonyl (C=O) groups is 1. The molecule has 1 amide bonds. The average molecular weight is 308 g/mol. The molecular weight excluding hydrogens is 293 g/mol. The lowest BCUT2D eigenvalue weighted by Crippen LogP contribution is -2.48. The Hall–Kier alpha value is -2.14. The van der Waals surface area contributed by atoms with Crippen molar-refractivity contribution in [2.45, 2.75) is 18.9 Å². The minimum absolute atomic E-state index is 0.365. The summed E-state index contributed by atoms with van der Waals surface area (Å²) in [6, 6.07) is 9.57. The van der Waals surface area contributed by atoms with E-state index < -0.39 is 17.3 Å². The van der Waals surface area contributed by atoms with Gasteiger partial charge >= 0.3 is 0 Å². The molecule has 1 aromatic heterocycles. The summed E-state index contributed by atoms with van der Waals surface area (Å²) in [6.07, 6.45) is 1.43. The molecule has 6 heteroatoms. The molecule has 0 radical (unpaired) electrons. The largest absolute Gasteiger partial charge is 0.367 e. The standard InChI is InChI=1S/C15H15ClFN3O/c1-2-15(14(18)21,13-8-5-11(17)9-19-13)20-12-6-3-10(16)4-7-12/h3-9,20H,2H2,1H3,(H2,18,21). The molecule has 1 aromatic carbocycles. The van der Waals surface area contributed by atoms with Gasteiger partial charge in [-0.1, -0.05) is 18.5 Å². The van der Waals surface area contributed by atoms with E-state index in [-0.39, 0.29) is 0 Å². The number of primary amides is 1. The lowest BCUT2D eigenvalue weighted by molar-refractivity contribution is -0.122. The van der Waals surface area contributed by atoms with Crippen molar-refractivity contribution in [1.82, 2.24) is 4.98 Å². The van der Waals surface area contributed by atoms with Crippen LogP contribution in [-0.4, -0.2) is 10.9 Å². The molecule has 0 aliphatic heterocycles.